The van der Waals surface area contributed by atoms with Crippen molar-refractivity contribution in [1.29, 1.82) is 0 Å². The van der Waals surface area contributed by atoms with Gasteiger partial charge in [0.1, 0.15) is 0 Å². The average Bonchev–Trinajstić information content (AvgIpc) is 2.58. The van der Waals surface area contributed by atoms with Crippen molar-refractivity contribution in [2.45, 2.75) is 26.2 Å². The third-order valence-corrected chi connectivity index (χ3v) is 2.81. The molecule has 1 unspecified atom stereocenters. The first kappa shape index (κ1) is 12.6. The van der Waals surface area contributed by atoms with Crippen molar-refractivity contribution in [2.24, 2.45) is 11.8 Å². The molecule has 0 aromatic heterocycles. The maximum Gasteiger partial charge on any atom is 0.306 e. The van der Waals surface area contributed by atoms with Crippen molar-refractivity contribution in [1.82, 2.24) is 0 Å². The van der Waals surface area contributed by atoms with Crippen molar-refractivity contribution in [3.05, 3.63) is 12.2 Å². The molecule has 4 nitrogen and oxygen atoms in total. The summed E-state index contributed by atoms with van der Waals surface area (Å²) in [5.74, 6) is 0.726. The predicted octanol–water partition coefficient (Wildman–Crippen LogP) is 1.78. The van der Waals surface area contributed by atoms with Crippen LogP contribution in [0.5, 0.6) is 0 Å². The molecule has 0 aliphatic heterocycles. The van der Waals surface area contributed by atoms with Crippen LogP contribution in [0.3, 0.4) is 0 Å². The van der Waals surface area contributed by atoms with Gasteiger partial charge in [-0.15, -0.1) is 0 Å². The van der Waals surface area contributed by atoms with E-state index in [1.165, 1.54) is 0 Å². The van der Waals surface area contributed by atoms with Gasteiger partial charge in [-0.2, -0.15) is 0 Å². The van der Waals surface area contributed by atoms with Gasteiger partial charge < -0.3 is 14.5 Å². The lowest BCUT2D eigenvalue weighted by atomic mass is 10.00. The van der Waals surface area contributed by atoms with E-state index in [0.717, 1.165) is 12.8 Å². The fourth-order valence-electron chi connectivity index (χ4n) is 1.70. The zero-order chi connectivity index (χ0) is 11.3. The molecule has 0 aromatic rings. The minimum Gasteiger partial charge on any atom is -0.456 e. The second-order valence-electron chi connectivity index (χ2n) is 3.91. The first-order valence-electron chi connectivity index (χ1n) is 5.07. The molecular formula is C10H17O4P. The quantitative estimate of drug-likeness (QED) is 0.430. The third kappa shape index (κ3) is 5.26. The zero-order valence-corrected chi connectivity index (χ0v) is 9.69. The Labute approximate surface area is 90.9 Å². The number of hydrogen-bond acceptors (Lipinski definition) is 4. The van der Waals surface area contributed by atoms with Crippen molar-refractivity contribution < 1.29 is 19.3 Å². The standard InChI is InChI=1S/C10H17O4P/c1-8-2-3-9(6-8)4-5-10(11)14-7-15(12)13/h2-3,8-9,12-13H,4-7H2,1H3/t8-,9?/m0/s1. The Hall–Kier alpha value is -0.440. The Bertz CT molecular complexity index is 240. The molecule has 0 bridgehead atoms. The third-order valence-electron chi connectivity index (χ3n) is 2.45. The Balaban J connectivity index is 2.09. The summed E-state index contributed by atoms with van der Waals surface area (Å²) in [5, 5.41) is 0. The summed E-state index contributed by atoms with van der Waals surface area (Å²) in [5.41, 5.74) is 0. The maximum atomic E-state index is 11.1. The van der Waals surface area contributed by atoms with Gasteiger partial charge in [0.2, 0.25) is 8.38 Å². The van der Waals surface area contributed by atoms with Gasteiger partial charge in [0.05, 0.1) is 0 Å². The van der Waals surface area contributed by atoms with Crippen LogP contribution < -0.4 is 0 Å². The monoisotopic (exact) mass is 232 g/mol. The van der Waals surface area contributed by atoms with Crippen LogP contribution in [0.25, 0.3) is 0 Å². The topological polar surface area (TPSA) is 66.8 Å². The van der Waals surface area contributed by atoms with E-state index in [2.05, 4.69) is 23.8 Å². The molecule has 0 heterocycles. The van der Waals surface area contributed by atoms with Crippen LogP contribution in [0.1, 0.15) is 26.2 Å². The van der Waals surface area contributed by atoms with E-state index in [-0.39, 0.29) is 12.3 Å². The molecule has 0 saturated carbocycles. The normalized spacial score (nSPS) is 24.8. The highest BCUT2D eigenvalue weighted by Gasteiger charge is 2.16. The Kier molecular flexibility index (Phi) is 5.23. The highest BCUT2D eigenvalue weighted by Crippen LogP contribution is 2.27. The van der Waals surface area contributed by atoms with E-state index in [4.69, 9.17) is 9.79 Å². The van der Waals surface area contributed by atoms with Crippen LogP contribution >= 0.6 is 8.38 Å². The minimum atomic E-state index is -2.12. The fraction of sp³-hybridized carbons (Fsp3) is 0.700. The number of hydrogen-bond donors (Lipinski definition) is 2. The summed E-state index contributed by atoms with van der Waals surface area (Å²) < 4.78 is 4.66. The van der Waals surface area contributed by atoms with Crippen LogP contribution in [0, 0.1) is 11.8 Å². The van der Waals surface area contributed by atoms with E-state index < -0.39 is 8.38 Å². The predicted molar refractivity (Wildman–Crippen MR) is 58.0 cm³/mol. The number of carbonyl (C=O) groups excluding carboxylic acids is 1. The minimum absolute atomic E-state index is 0.273. The van der Waals surface area contributed by atoms with Crippen LogP contribution in [-0.4, -0.2) is 22.1 Å². The maximum absolute atomic E-state index is 11.1. The van der Waals surface area contributed by atoms with Gasteiger partial charge in [0.15, 0.2) is 6.35 Å². The summed E-state index contributed by atoms with van der Waals surface area (Å²) in [6, 6.07) is 0. The molecule has 1 aliphatic rings. The lowest BCUT2D eigenvalue weighted by Gasteiger charge is -2.09. The lowest BCUT2D eigenvalue weighted by molar-refractivity contribution is -0.142. The first-order chi connectivity index (χ1) is 7.08. The van der Waals surface area contributed by atoms with Crippen LogP contribution in [-0.2, 0) is 9.53 Å². The molecule has 2 atom stereocenters. The van der Waals surface area contributed by atoms with Gasteiger partial charge in [-0.3, -0.25) is 4.79 Å². The molecule has 0 aromatic carbocycles. The molecule has 0 amide bonds. The van der Waals surface area contributed by atoms with Gasteiger partial charge in [-0.25, -0.2) is 0 Å². The highest BCUT2D eigenvalue weighted by atomic mass is 31.2. The van der Waals surface area contributed by atoms with Crippen LogP contribution in [0.15, 0.2) is 12.2 Å². The SMILES string of the molecule is C[C@H]1C=CC(CCC(=O)OCP(O)O)C1. The molecule has 0 saturated heterocycles. The van der Waals surface area contributed by atoms with E-state index in [1.54, 1.807) is 0 Å². The van der Waals surface area contributed by atoms with E-state index in [9.17, 15) is 4.79 Å². The number of ether oxygens (including phenoxy) is 1. The summed E-state index contributed by atoms with van der Waals surface area (Å²) in [4.78, 5) is 28.2. The molecule has 86 valence electrons. The Morgan fingerprint density at radius 3 is 2.80 bits per heavy atom. The molecule has 5 heteroatoms. The van der Waals surface area contributed by atoms with Gasteiger partial charge in [0.25, 0.3) is 0 Å². The summed E-state index contributed by atoms with van der Waals surface area (Å²) in [6.45, 7) is 2.15. The van der Waals surface area contributed by atoms with Crippen molar-refractivity contribution >= 4 is 14.3 Å². The van der Waals surface area contributed by atoms with Gasteiger partial charge >= 0.3 is 5.97 Å². The highest BCUT2D eigenvalue weighted by molar-refractivity contribution is 7.44. The molecule has 2 N–H and O–H groups in total. The number of allylic oxidation sites excluding steroid dienone is 2. The summed E-state index contributed by atoms with van der Waals surface area (Å²) >= 11 is 0. The van der Waals surface area contributed by atoms with Crippen molar-refractivity contribution in [3.63, 3.8) is 0 Å². The Morgan fingerprint density at radius 2 is 2.27 bits per heavy atom. The number of rotatable bonds is 5. The Morgan fingerprint density at radius 1 is 1.53 bits per heavy atom. The second-order valence-corrected chi connectivity index (χ2v) is 4.92. The summed E-state index contributed by atoms with van der Waals surface area (Å²) in [6.07, 6.45) is 6.27. The molecular weight excluding hydrogens is 215 g/mol. The van der Waals surface area contributed by atoms with Crippen molar-refractivity contribution in [3.8, 4) is 0 Å². The van der Waals surface area contributed by atoms with Crippen molar-refractivity contribution in [2.75, 3.05) is 6.35 Å². The van der Waals surface area contributed by atoms with Gasteiger partial charge in [-0.05, 0) is 24.7 Å². The van der Waals surface area contributed by atoms with E-state index >= 15 is 0 Å². The molecule has 0 spiro atoms. The second kappa shape index (κ2) is 6.21. The molecule has 0 radical (unpaired) electrons. The smallest absolute Gasteiger partial charge is 0.306 e. The van der Waals surface area contributed by atoms with E-state index in [0.29, 0.717) is 18.3 Å². The number of esters is 1. The summed E-state index contributed by atoms with van der Waals surface area (Å²) in [7, 11) is -2.12. The molecule has 15 heavy (non-hydrogen) atoms. The average molecular weight is 232 g/mol. The first-order valence-corrected chi connectivity index (χ1v) is 6.50. The van der Waals surface area contributed by atoms with Gasteiger partial charge in [0, 0.05) is 6.42 Å². The number of carbonyl (C=O) groups is 1. The fourth-order valence-corrected chi connectivity index (χ4v) is 1.96. The van der Waals surface area contributed by atoms with Crippen LogP contribution in [0.2, 0.25) is 0 Å². The van der Waals surface area contributed by atoms with Gasteiger partial charge in [-0.1, -0.05) is 19.1 Å². The molecule has 1 rings (SSSR count). The molecule has 0 fully saturated rings. The molecule has 1 aliphatic carbocycles. The zero-order valence-electron chi connectivity index (χ0n) is 8.80. The largest absolute Gasteiger partial charge is 0.456 e. The van der Waals surface area contributed by atoms with Crippen LogP contribution in [0.4, 0.5) is 0 Å². The van der Waals surface area contributed by atoms with E-state index in [1.807, 2.05) is 0 Å². The lowest BCUT2D eigenvalue weighted by Crippen LogP contribution is -2.07.